The van der Waals surface area contributed by atoms with Crippen molar-refractivity contribution >= 4 is 67.3 Å². The maximum Gasteiger partial charge on any atom is 0.344 e. The normalized spacial score (nSPS) is 33.0. The van der Waals surface area contributed by atoms with Crippen LogP contribution in [0.2, 0.25) is 0 Å². The zero-order valence-corrected chi connectivity index (χ0v) is 42.7. The van der Waals surface area contributed by atoms with E-state index in [1.54, 1.807) is 0 Å². The Kier molecular flexibility index (Phi) is 11.3. The second kappa shape index (κ2) is 17.0. The molecular weight excluding hydrogens is 893 g/mol. The van der Waals surface area contributed by atoms with Gasteiger partial charge in [0, 0.05) is 46.4 Å². The summed E-state index contributed by atoms with van der Waals surface area (Å²) in [5.41, 5.74) is 4.21. The summed E-state index contributed by atoms with van der Waals surface area (Å²) in [5, 5.41) is 16.6. The average molecular weight is 965 g/mol. The molecule has 4 heterocycles. The molecule has 3 aromatic carbocycles. The van der Waals surface area contributed by atoms with Crippen molar-refractivity contribution in [2.75, 3.05) is 13.2 Å². The molecule has 4 fully saturated rings. The van der Waals surface area contributed by atoms with Crippen molar-refractivity contribution in [2.45, 2.75) is 168 Å². The first-order chi connectivity index (χ1) is 34.0. The summed E-state index contributed by atoms with van der Waals surface area (Å²) in [4.78, 5) is 53.1. The third-order valence-electron chi connectivity index (χ3n) is 20.1. The zero-order chi connectivity index (χ0) is 49.4. The summed E-state index contributed by atoms with van der Waals surface area (Å²) in [6, 6.07) is 16.0. The van der Waals surface area contributed by atoms with Crippen molar-refractivity contribution in [3.8, 4) is 0 Å². The second-order valence-corrected chi connectivity index (χ2v) is 24.2. The number of hydrogen-bond acceptors (Lipinski definition) is 9. The summed E-state index contributed by atoms with van der Waals surface area (Å²) >= 11 is 0. The van der Waals surface area contributed by atoms with E-state index in [4.69, 9.17) is 18.9 Å². The van der Waals surface area contributed by atoms with Gasteiger partial charge >= 0.3 is 17.9 Å². The Labute approximate surface area is 416 Å². The number of rotatable bonds is 13. The van der Waals surface area contributed by atoms with Gasteiger partial charge in [0.25, 0.3) is 0 Å². The van der Waals surface area contributed by atoms with Crippen molar-refractivity contribution in [1.29, 1.82) is 0 Å². The summed E-state index contributed by atoms with van der Waals surface area (Å²) in [7, 11) is 0. The number of nitrogens with zero attached hydrogens (tertiary/aromatic N) is 2. The number of hydrogen-bond donors (Lipinski definition) is 1. The number of aliphatic hydroxyl groups is 1. The molecule has 2 bridgehead atoms. The second-order valence-electron chi connectivity index (χ2n) is 24.2. The molecule has 11 heteroatoms. The SMILES string of the molecule is CC(C)CCCC(C)C1CCC2C3CC=C4C[C@@H](OC(=O)CCC(=O)OCC(=O)OC[C@@]5(O)C[C@H]6O[C@]5(C)n5c7ccccc7c7c8c(c9c%10ccccc%10n6c9c75)C(=O)CC8)CC[C@]4(C)C3CC[C@]12C. The molecule has 2 aromatic heterocycles. The molecular formula is C60H72N2O9. The molecule has 1 saturated heterocycles. The summed E-state index contributed by atoms with van der Waals surface area (Å²) in [5.74, 6) is 2.79. The minimum absolute atomic E-state index is 0.0855. The number of benzene rings is 3. The number of esters is 3. The standard InChI is InChI=1S/C60H72N2O9/c1-34(2)12-11-13-35(3)42-21-22-43-38-19-18-36-30-37(26-28-57(36,4)44(38)27-29-58(42,43)5)70-50(65)25-24-49(64)68-32-51(66)69-33-60(67)31-48-61-45-16-9-7-14-39(45)54-53-41(20-23-47(53)63)52-40-15-8-10-17-46(40)62(56(52)55(54)61)59(60,6)71-48/h7-10,14-18,34-35,37-38,42-44,48,67H,11-13,19-33H2,1-6H3/t35?,37-,38?,42?,43?,44?,48+,57-,58+,59-,60-/m0/s1. The van der Waals surface area contributed by atoms with Crippen molar-refractivity contribution in [3.05, 3.63) is 71.3 Å². The molecule has 5 aliphatic carbocycles. The Bertz CT molecular complexity index is 3070. The average Bonchev–Trinajstić information content (AvgIpc) is 4.13. The molecule has 0 radical (unpaired) electrons. The third kappa shape index (κ3) is 7.07. The number of carbonyl (C=O) groups excluding carboxylic acids is 4. The topological polar surface area (TPSA) is 135 Å². The van der Waals surface area contributed by atoms with Gasteiger partial charge in [-0.25, -0.2) is 4.79 Å². The summed E-state index contributed by atoms with van der Waals surface area (Å²) in [6.45, 7) is 13.1. The number of ether oxygens (including phenoxy) is 4. The minimum atomic E-state index is -1.71. The van der Waals surface area contributed by atoms with Crippen LogP contribution in [0, 0.1) is 46.3 Å². The van der Waals surface area contributed by atoms with Gasteiger partial charge in [0.1, 0.15) is 18.9 Å². The number of para-hydroxylation sites is 2. The molecule has 2 aliphatic heterocycles. The van der Waals surface area contributed by atoms with Crippen LogP contribution in [-0.2, 0) is 45.5 Å². The molecule has 376 valence electrons. The number of ketones is 1. The van der Waals surface area contributed by atoms with Gasteiger partial charge < -0.3 is 33.2 Å². The first kappa shape index (κ1) is 47.0. The molecule has 5 aromatic rings. The van der Waals surface area contributed by atoms with E-state index in [1.165, 1.54) is 50.5 Å². The quantitative estimate of drug-likeness (QED) is 0.0695. The summed E-state index contributed by atoms with van der Waals surface area (Å²) < 4.78 is 28.2. The molecule has 0 spiro atoms. The van der Waals surface area contributed by atoms with Crippen LogP contribution in [0.5, 0.6) is 0 Å². The number of carbonyl (C=O) groups is 4. The monoisotopic (exact) mass is 965 g/mol. The van der Waals surface area contributed by atoms with Crippen molar-refractivity contribution in [2.24, 2.45) is 46.3 Å². The van der Waals surface area contributed by atoms with E-state index in [0.717, 1.165) is 110 Å². The highest BCUT2D eigenvalue weighted by molar-refractivity contribution is 6.31. The number of aryl methyl sites for hydroxylation is 1. The fourth-order valence-electron chi connectivity index (χ4n) is 16.6. The highest BCUT2D eigenvalue weighted by Crippen LogP contribution is 2.68. The Hall–Kier alpha value is -5.00. The van der Waals surface area contributed by atoms with Crippen LogP contribution in [0.15, 0.2) is 60.2 Å². The fraction of sp³-hybridized carbons (Fsp3) is 0.600. The molecule has 11 atom stereocenters. The fourth-order valence-corrected chi connectivity index (χ4v) is 16.6. The van der Waals surface area contributed by atoms with E-state index in [2.05, 4.69) is 55.9 Å². The lowest BCUT2D eigenvalue weighted by Gasteiger charge is -2.58. The molecule has 71 heavy (non-hydrogen) atoms. The maximum atomic E-state index is 13.7. The van der Waals surface area contributed by atoms with Crippen LogP contribution in [0.25, 0.3) is 43.6 Å². The molecule has 3 saturated carbocycles. The van der Waals surface area contributed by atoms with Gasteiger partial charge in [-0.2, -0.15) is 0 Å². The van der Waals surface area contributed by atoms with Crippen LogP contribution < -0.4 is 0 Å². The van der Waals surface area contributed by atoms with Gasteiger partial charge in [0.15, 0.2) is 23.7 Å². The lowest BCUT2D eigenvalue weighted by molar-refractivity contribution is -0.200. The summed E-state index contributed by atoms with van der Waals surface area (Å²) in [6.07, 6.45) is 15.6. The van der Waals surface area contributed by atoms with Crippen LogP contribution in [0.3, 0.4) is 0 Å². The van der Waals surface area contributed by atoms with Crippen molar-refractivity contribution in [3.63, 3.8) is 0 Å². The molecule has 0 amide bonds. The Balaban J connectivity index is 0.666. The zero-order valence-electron chi connectivity index (χ0n) is 42.7. The molecule has 7 aliphatic rings. The molecule has 1 N–H and O–H groups in total. The number of fused-ring (bicyclic) bond motifs is 18. The number of aromatic nitrogens is 2. The Morgan fingerprint density at radius 3 is 2.35 bits per heavy atom. The number of Topliss-reactive ketones (excluding diaryl/α,β-unsaturated/α-hetero) is 1. The van der Waals surface area contributed by atoms with Crippen LogP contribution in [0.4, 0.5) is 0 Å². The van der Waals surface area contributed by atoms with Gasteiger partial charge in [0.2, 0.25) is 0 Å². The van der Waals surface area contributed by atoms with E-state index in [0.29, 0.717) is 24.2 Å². The third-order valence-corrected chi connectivity index (χ3v) is 20.1. The molecule has 5 unspecified atom stereocenters. The Morgan fingerprint density at radius 1 is 0.817 bits per heavy atom. The first-order valence-corrected chi connectivity index (χ1v) is 27.2. The van der Waals surface area contributed by atoms with Crippen LogP contribution >= 0.6 is 0 Å². The van der Waals surface area contributed by atoms with Crippen LogP contribution in [0.1, 0.15) is 160 Å². The van der Waals surface area contributed by atoms with Crippen molar-refractivity contribution < 1.29 is 43.2 Å². The lowest BCUT2D eigenvalue weighted by Crippen LogP contribution is -2.54. The van der Waals surface area contributed by atoms with Gasteiger partial charge in [0.05, 0.1) is 34.9 Å². The smallest absolute Gasteiger partial charge is 0.344 e. The van der Waals surface area contributed by atoms with Gasteiger partial charge in [-0.3, -0.25) is 14.4 Å². The molecule has 11 nitrogen and oxygen atoms in total. The highest BCUT2D eigenvalue weighted by atomic mass is 16.6. The van der Waals surface area contributed by atoms with E-state index in [1.807, 2.05) is 49.4 Å². The maximum absolute atomic E-state index is 13.7. The van der Waals surface area contributed by atoms with E-state index in [-0.39, 0.29) is 36.6 Å². The highest BCUT2D eigenvalue weighted by Gasteiger charge is 2.62. The van der Waals surface area contributed by atoms with E-state index in [9.17, 15) is 24.3 Å². The largest absolute Gasteiger partial charge is 0.462 e. The van der Waals surface area contributed by atoms with E-state index < -0.39 is 48.7 Å². The van der Waals surface area contributed by atoms with Gasteiger partial charge in [-0.1, -0.05) is 102 Å². The van der Waals surface area contributed by atoms with Gasteiger partial charge in [-0.05, 0) is 122 Å². The Morgan fingerprint density at radius 2 is 1.56 bits per heavy atom. The predicted octanol–water partition coefficient (Wildman–Crippen LogP) is 12.2. The van der Waals surface area contributed by atoms with E-state index >= 15 is 0 Å². The minimum Gasteiger partial charge on any atom is -0.462 e. The van der Waals surface area contributed by atoms with Crippen LogP contribution in [-0.4, -0.2) is 62.9 Å². The predicted molar refractivity (Wildman–Crippen MR) is 273 cm³/mol. The first-order valence-electron chi connectivity index (χ1n) is 27.2. The molecule has 12 rings (SSSR count). The number of allylic oxidation sites excluding steroid dienone is 1. The van der Waals surface area contributed by atoms with Gasteiger partial charge in [-0.15, -0.1) is 0 Å². The van der Waals surface area contributed by atoms with Crippen molar-refractivity contribution in [1.82, 2.24) is 9.13 Å². The lowest BCUT2D eigenvalue weighted by atomic mass is 9.47.